The molecule has 1 aromatic heterocycles. The third-order valence-corrected chi connectivity index (χ3v) is 4.32. The van der Waals surface area contributed by atoms with E-state index in [0.717, 1.165) is 24.9 Å². The lowest BCUT2D eigenvalue weighted by molar-refractivity contribution is 0.353. The standard InChI is InChI=1S/C16H21N3O2/c1-11-6-7-13-14(9-11)18(2)16(21)19(15(13)20)10-12-5-3-4-8-17-12/h6-7,9,12,17H,3-5,8,10H2,1-2H3. The second kappa shape index (κ2) is 5.48. The number of nitrogens with zero attached hydrogens (tertiary/aromatic N) is 2. The molecule has 1 atom stereocenters. The molecule has 0 radical (unpaired) electrons. The van der Waals surface area contributed by atoms with E-state index >= 15 is 0 Å². The topological polar surface area (TPSA) is 56.0 Å². The first-order chi connectivity index (χ1) is 10.1. The largest absolute Gasteiger partial charge is 0.331 e. The maximum Gasteiger partial charge on any atom is 0.331 e. The highest BCUT2D eigenvalue weighted by molar-refractivity contribution is 5.78. The minimum Gasteiger partial charge on any atom is -0.312 e. The van der Waals surface area contributed by atoms with Gasteiger partial charge >= 0.3 is 5.69 Å². The fourth-order valence-electron chi connectivity index (χ4n) is 3.08. The van der Waals surface area contributed by atoms with E-state index in [1.165, 1.54) is 11.0 Å². The number of piperidine rings is 1. The molecule has 0 bridgehead atoms. The third-order valence-electron chi connectivity index (χ3n) is 4.32. The molecule has 1 aliphatic rings. The van der Waals surface area contributed by atoms with Gasteiger partial charge in [-0.15, -0.1) is 0 Å². The van der Waals surface area contributed by atoms with Crippen LogP contribution in [0.25, 0.3) is 10.9 Å². The molecule has 0 amide bonds. The zero-order chi connectivity index (χ0) is 15.0. The Kier molecular flexibility index (Phi) is 3.68. The van der Waals surface area contributed by atoms with E-state index in [1.54, 1.807) is 11.6 Å². The zero-order valence-electron chi connectivity index (χ0n) is 12.6. The highest BCUT2D eigenvalue weighted by Gasteiger charge is 2.17. The van der Waals surface area contributed by atoms with Gasteiger partial charge in [-0.25, -0.2) is 4.79 Å². The van der Waals surface area contributed by atoms with E-state index in [9.17, 15) is 9.59 Å². The Labute approximate surface area is 123 Å². The van der Waals surface area contributed by atoms with Crippen LogP contribution in [0.5, 0.6) is 0 Å². The molecule has 2 heterocycles. The highest BCUT2D eigenvalue weighted by Crippen LogP contribution is 2.11. The highest BCUT2D eigenvalue weighted by atomic mass is 16.2. The van der Waals surface area contributed by atoms with Crippen molar-refractivity contribution in [3.63, 3.8) is 0 Å². The maximum absolute atomic E-state index is 12.6. The number of aryl methyl sites for hydroxylation is 2. The van der Waals surface area contributed by atoms with Gasteiger partial charge in [0.15, 0.2) is 0 Å². The molecule has 0 saturated carbocycles. The first-order valence-electron chi connectivity index (χ1n) is 7.51. The fraction of sp³-hybridized carbons (Fsp3) is 0.500. The normalized spacial score (nSPS) is 19.0. The van der Waals surface area contributed by atoms with Gasteiger partial charge in [-0.1, -0.05) is 12.5 Å². The summed E-state index contributed by atoms with van der Waals surface area (Å²) in [5, 5.41) is 4.00. The van der Waals surface area contributed by atoms with Crippen molar-refractivity contribution in [2.45, 2.75) is 38.8 Å². The molecule has 112 valence electrons. The van der Waals surface area contributed by atoms with Crippen molar-refractivity contribution in [2.75, 3.05) is 6.54 Å². The van der Waals surface area contributed by atoms with Crippen LogP contribution in [0.3, 0.4) is 0 Å². The monoisotopic (exact) mass is 287 g/mol. The molecule has 0 aliphatic carbocycles. The van der Waals surface area contributed by atoms with Crippen LogP contribution in [-0.2, 0) is 13.6 Å². The molecule has 1 aromatic carbocycles. The molecular formula is C16H21N3O2. The Hall–Kier alpha value is -1.88. The van der Waals surface area contributed by atoms with Crippen LogP contribution in [0.4, 0.5) is 0 Å². The summed E-state index contributed by atoms with van der Waals surface area (Å²) in [5.74, 6) is 0. The Balaban J connectivity index is 2.12. The summed E-state index contributed by atoms with van der Waals surface area (Å²) in [5.41, 5.74) is 1.34. The second-order valence-electron chi connectivity index (χ2n) is 5.92. The number of fused-ring (bicyclic) bond motifs is 1. The van der Waals surface area contributed by atoms with Crippen LogP contribution in [0.2, 0.25) is 0 Å². The maximum atomic E-state index is 12.6. The number of nitrogens with one attached hydrogen (secondary N) is 1. The van der Waals surface area contributed by atoms with Gasteiger partial charge in [0.1, 0.15) is 0 Å². The van der Waals surface area contributed by atoms with Crippen LogP contribution in [-0.4, -0.2) is 21.7 Å². The molecule has 1 saturated heterocycles. The van der Waals surface area contributed by atoms with E-state index in [-0.39, 0.29) is 17.3 Å². The summed E-state index contributed by atoms with van der Waals surface area (Å²) in [6.07, 6.45) is 3.33. The lowest BCUT2D eigenvalue weighted by atomic mass is 10.1. The molecule has 1 N–H and O–H groups in total. The molecule has 5 heteroatoms. The van der Waals surface area contributed by atoms with Gasteiger partial charge in [-0.2, -0.15) is 0 Å². The molecule has 1 fully saturated rings. The quantitative estimate of drug-likeness (QED) is 0.901. The van der Waals surface area contributed by atoms with Crippen molar-refractivity contribution >= 4 is 10.9 Å². The second-order valence-corrected chi connectivity index (χ2v) is 5.92. The van der Waals surface area contributed by atoms with Gasteiger partial charge in [-0.3, -0.25) is 13.9 Å². The van der Waals surface area contributed by atoms with Crippen LogP contribution in [0.1, 0.15) is 24.8 Å². The summed E-state index contributed by atoms with van der Waals surface area (Å²) >= 11 is 0. The minimum atomic E-state index is -0.231. The Morgan fingerprint density at radius 1 is 1.29 bits per heavy atom. The first-order valence-corrected chi connectivity index (χ1v) is 7.51. The van der Waals surface area contributed by atoms with Crippen molar-refractivity contribution in [3.05, 3.63) is 44.6 Å². The molecule has 5 nitrogen and oxygen atoms in total. The summed E-state index contributed by atoms with van der Waals surface area (Å²) in [7, 11) is 1.73. The number of aromatic nitrogens is 2. The molecule has 1 unspecified atom stereocenters. The summed E-state index contributed by atoms with van der Waals surface area (Å²) < 4.78 is 2.95. The van der Waals surface area contributed by atoms with E-state index in [4.69, 9.17) is 0 Å². The van der Waals surface area contributed by atoms with Gasteiger partial charge in [0, 0.05) is 19.6 Å². The third kappa shape index (κ3) is 2.53. The van der Waals surface area contributed by atoms with E-state index in [0.29, 0.717) is 17.4 Å². The Morgan fingerprint density at radius 3 is 2.81 bits per heavy atom. The van der Waals surface area contributed by atoms with Gasteiger partial charge in [0.05, 0.1) is 10.9 Å². The summed E-state index contributed by atoms with van der Waals surface area (Å²) in [6, 6.07) is 5.84. The molecule has 21 heavy (non-hydrogen) atoms. The summed E-state index contributed by atoms with van der Waals surface area (Å²) in [4.78, 5) is 25.1. The molecule has 2 aromatic rings. The van der Waals surface area contributed by atoms with Crippen molar-refractivity contribution in [1.29, 1.82) is 0 Å². The number of benzene rings is 1. The average Bonchev–Trinajstić information content (AvgIpc) is 2.50. The van der Waals surface area contributed by atoms with Crippen molar-refractivity contribution in [3.8, 4) is 0 Å². The number of hydrogen-bond acceptors (Lipinski definition) is 3. The van der Waals surface area contributed by atoms with Crippen molar-refractivity contribution < 1.29 is 0 Å². The molecule has 3 rings (SSSR count). The fourth-order valence-corrected chi connectivity index (χ4v) is 3.08. The van der Waals surface area contributed by atoms with Gasteiger partial charge < -0.3 is 5.32 Å². The predicted octanol–water partition coefficient (Wildman–Crippen LogP) is 1.15. The SMILES string of the molecule is Cc1ccc2c(=O)n(CC3CCCCN3)c(=O)n(C)c2c1. The Bertz CT molecular complexity index is 782. The van der Waals surface area contributed by atoms with Crippen LogP contribution >= 0.6 is 0 Å². The molecular weight excluding hydrogens is 266 g/mol. The average molecular weight is 287 g/mol. The minimum absolute atomic E-state index is 0.180. The number of hydrogen-bond donors (Lipinski definition) is 1. The zero-order valence-corrected chi connectivity index (χ0v) is 12.6. The Morgan fingerprint density at radius 2 is 2.10 bits per heavy atom. The van der Waals surface area contributed by atoms with Gasteiger partial charge in [-0.05, 0) is 44.0 Å². The lowest BCUT2D eigenvalue weighted by Gasteiger charge is -2.24. The first kappa shape index (κ1) is 14.1. The van der Waals surface area contributed by atoms with Crippen molar-refractivity contribution in [1.82, 2.24) is 14.5 Å². The summed E-state index contributed by atoms with van der Waals surface area (Å²) in [6.45, 7) is 3.38. The van der Waals surface area contributed by atoms with Gasteiger partial charge in [0.25, 0.3) is 5.56 Å². The van der Waals surface area contributed by atoms with E-state index in [2.05, 4.69) is 5.32 Å². The molecule has 0 spiro atoms. The van der Waals surface area contributed by atoms with E-state index < -0.39 is 0 Å². The lowest BCUT2D eigenvalue weighted by Crippen LogP contribution is -2.46. The van der Waals surface area contributed by atoms with E-state index in [1.807, 2.05) is 25.1 Å². The predicted molar refractivity (Wildman–Crippen MR) is 83.8 cm³/mol. The number of rotatable bonds is 2. The van der Waals surface area contributed by atoms with Crippen LogP contribution in [0.15, 0.2) is 27.8 Å². The van der Waals surface area contributed by atoms with Crippen LogP contribution < -0.4 is 16.6 Å². The van der Waals surface area contributed by atoms with Gasteiger partial charge in [0.2, 0.25) is 0 Å². The smallest absolute Gasteiger partial charge is 0.312 e. The van der Waals surface area contributed by atoms with Crippen LogP contribution in [0, 0.1) is 6.92 Å². The molecule has 1 aliphatic heterocycles. The van der Waals surface area contributed by atoms with Crippen molar-refractivity contribution in [2.24, 2.45) is 7.05 Å².